The van der Waals surface area contributed by atoms with Gasteiger partial charge in [-0.25, -0.2) is 4.68 Å². The number of esters is 1. The van der Waals surface area contributed by atoms with Gasteiger partial charge in [0, 0.05) is 18.3 Å². The van der Waals surface area contributed by atoms with Crippen LogP contribution in [0.2, 0.25) is 0 Å². The Bertz CT molecular complexity index is 699. The maximum Gasteiger partial charge on any atom is 0.325 e. The predicted octanol–water partition coefficient (Wildman–Crippen LogP) is 1.68. The van der Waals surface area contributed by atoms with Gasteiger partial charge in [-0.15, -0.1) is 0 Å². The molecule has 2 heterocycles. The molecule has 1 N–H and O–H groups in total. The van der Waals surface area contributed by atoms with E-state index in [1.807, 2.05) is 53.0 Å². The summed E-state index contributed by atoms with van der Waals surface area (Å²) < 4.78 is 6.72. The second-order valence-corrected chi connectivity index (χ2v) is 6.17. The lowest BCUT2D eigenvalue weighted by Gasteiger charge is -2.36. The van der Waals surface area contributed by atoms with Crippen molar-refractivity contribution in [3.05, 3.63) is 47.8 Å². The molecule has 1 aromatic carbocycles. The number of ether oxygens (including phenoxy) is 1. The molecular formula is C18H23N3O3. The monoisotopic (exact) mass is 329 g/mol. The highest BCUT2D eigenvalue weighted by atomic mass is 16.5. The Morgan fingerprint density at radius 2 is 2.12 bits per heavy atom. The van der Waals surface area contributed by atoms with Gasteiger partial charge in [-0.1, -0.05) is 18.2 Å². The lowest BCUT2D eigenvalue weighted by molar-refractivity contribution is -0.154. The molecule has 2 aromatic rings. The van der Waals surface area contributed by atoms with Gasteiger partial charge in [0.2, 0.25) is 0 Å². The normalized spacial score (nSPS) is 21.6. The van der Waals surface area contributed by atoms with E-state index in [9.17, 15) is 9.90 Å². The highest BCUT2D eigenvalue weighted by molar-refractivity contribution is 5.76. The summed E-state index contributed by atoms with van der Waals surface area (Å²) in [5.41, 5.74) is 2.96. The van der Waals surface area contributed by atoms with Crippen LogP contribution in [-0.4, -0.2) is 51.6 Å². The number of aromatic nitrogens is 2. The molecule has 1 fully saturated rings. The molecule has 1 aromatic heterocycles. The van der Waals surface area contributed by atoms with E-state index in [0.29, 0.717) is 13.0 Å². The minimum absolute atomic E-state index is 0.379. The minimum Gasteiger partial charge on any atom is -0.468 e. The second-order valence-electron chi connectivity index (χ2n) is 6.17. The highest BCUT2D eigenvalue weighted by Gasteiger charge is 2.36. The van der Waals surface area contributed by atoms with E-state index in [2.05, 4.69) is 5.10 Å². The zero-order valence-electron chi connectivity index (χ0n) is 14.1. The summed E-state index contributed by atoms with van der Waals surface area (Å²) >= 11 is 0. The molecule has 1 aliphatic heterocycles. The zero-order chi connectivity index (χ0) is 17.1. The number of aliphatic hydroxyl groups is 1. The number of likely N-dealkylation sites (tertiary alicyclic amines) is 1. The Morgan fingerprint density at radius 3 is 2.83 bits per heavy atom. The van der Waals surface area contributed by atoms with E-state index in [-0.39, 0.29) is 5.97 Å². The van der Waals surface area contributed by atoms with Crippen LogP contribution < -0.4 is 0 Å². The molecular weight excluding hydrogens is 306 g/mol. The average Bonchev–Trinajstić information content (AvgIpc) is 2.96. The molecule has 0 unspecified atom stereocenters. The topological polar surface area (TPSA) is 67.6 Å². The number of hydrogen-bond acceptors (Lipinski definition) is 5. The number of piperidine rings is 1. The molecule has 2 atom stereocenters. The van der Waals surface area contributed by atoms with Gasteiger partial charge in [0.15, 0.2) is 0 Å². The molecule has 1 saturated heterocycles. The third kappa shape index (κ3) is 3.34. The number of para-hydroxylation sites is 1. The Hall–Kier alpha value is -2.18. The maximum absolute atomic E-state index is 12.0. The van der Waals surface area contributed by atoms with E-state index in [4.69, 9.17) is 4.74 Å². The lowest BCUT2D eigenvalue weighted by atomic mass is 9.98. The first kappa shape index (κ1) is 16.7. The summed E-state index contributed by atoms with van der Waals surface area (Å²) in [5.74, 6) is -0.379. The summed E-state index contributed by atoms with van der Waals surface area (Å²) in [5, 5.41) is 14.8. The molecule has 0 aliphatic carbocycles. The fraction of sp³-hybridized carbons (Fsp3) is 0.444. The Labute approximate surface area is 141 Å². The molecule has 0 spiro atoms. The van der Waals surface area contributed by atoms with Crippen molar-refractivity contribution in [1.82, 2.24) is 14.7 Å². The van der Waals surface area contributed by atoms with Crippen LogP contribution in [0.5, 0.6) is 0 Å². The predicted molar refractivity (Wildman–Crippen MR) is 89.8 cm³/mol. The van der Waals surface area contributed by atoms with Gasteiger partial charge in [-0.3, -0.25) is 9.69 Å². The van der Waals surface area contributed by atoms with Crippen LogP contribution in [0.3, 0.4) is 0 Å². The van der Waals surface area contributed by atoms with Gasteiger partial charge in [-0.2, -0.15) is 5.10 Å². The van der Waals surface area contributed by atoms with Crippen LogP contribution in [0.25, 0.3) is 5.69 Å². The van der Waals surface area contributed by atoms with Crippen LogP contribution in [0, 0.1) is 6.92 Å². The highest BCUT2D eigenvalue weighted by Crippen LogP contribution is 2.23. The molecule has 0 bridgehead atoms. The summed E-state index contributed by atoms with van der Waals surface area (Å²) in [6.45, 7) is 3.28. The number of hydrogen-bond donors (Lipinski definition) is 1. The van der Waals surface area contributed by atoms with Crippen molar-refractivity contribution >= 4 is 5.97 Å². The number of carbonyl (C=O) groups excluding carboxylic acids is 1. The third-order valence-corrected chi connectivity index (χ3v) is 4.54. The van der Waals surface area contributed by atoms with E-state index < -0.39 is 12.1 Å². The Morgan fingerprint density at radius 1 is 1.38 bits per heavy atom. The van der Waals surface area contributed by atoms with Gasteiger partial charge in [0.05, 0.1) is 24.6 Å². The van der Waals surface area contributed by atoms with E-state index in [1.54, 1.807) is 0 Å². The van der Waals surface area contributed by atoms with Gasteiger partial charge in [-0.05, 0) is 38.4 Å². The second kappa shape index (κ2) is 7.15. The van der Waals surface area contributed by atoms with Gasteiger partial charge in [0.25, 0.3) is 0 Å². The van der Waals surface area contributed by atoms with Crippen molar-refractivity contribution in [3.8, 4) is 5.69 Å². The SMILES string of the molecule is COC(=O)[C@@H]1[C@@H](O)CCCN1Cc1cn(-c2ccccc2)nc1C. The van der Waals surface area contributed by atoms with Gasteiger partial charge < -0.3 is 9.84 Å². The quantitative estimate of drug-likeness (QED) is 0.865. The number of rotatable bonds is 4. The van der Waals surface area contributed by atoms with Crippen LogP contribution in [-0.2, 0) is 16.1 Å². The van der Waals surface area contributed by atoms with Crippen molar-refractivity contribution in [1.29, 1.82) is 0 Å². The average molecular weight is 329 g/mol. The van der Waals surface area contributed by atoms with Crippen molar-refractivity contribution in [2.75, 3.05) is 13.7 Å². The number of nitrogens with zero attached hydrogens (tertiary/aromatic N) is 3. The molecule has 0 amide bonds. The molecule has 3 rings (SSSR count). The Kier molecular flexibility index (Phi) is 4.97. The number of methoxy groups -OCH3 is 1. The largest absolute Gasteiger partial charge is 0.468 e. The lowest BCUT2D eigenvalue weighted by Crippen LogP contribution is -2.52. The number of carbonyl (C=O) groups is 1. The fourth-order valence-corrected chi connectivity index (χ4v) is 3.23. The van der Waals surface area contributed by atoms with Crippen LogP contribution in [0.15, 0.2) is 36.5 Å². The summed E-state index contributed by atoms with van der Waals surface area (Å²) in [4.78, 5) is 14.0. The molecule has 128 valence electrons. The molecule has 6 nitrogen and oxygen atoms in total. The van der Waals surface area contributed by atoms with Crippen molar-refractivity contribution in [2.45, 2.75) is 38.5 Å². The number of aliphatic hydroxyl groups excluding tert-OH is 1. The molecule has 0 saturated carbocycles. The zero-order valence-corrected chi connectivity index (χ0v) is 14.1. The van der Waals surface area contributed by atoms with Crippen molar-refractivity contribution in [2.24, 2.45) is 0 Å². The Balaban J connectivity index is 1.82. The maximum atomic E-state index is 12.0. The van der Waals surface area contributed by atoms with Gasteiger partial charge >= 0.3 is 5.97 Å². The fourth-order valence-electron chi connectivity index (χ4n) is 3.23. The standard InChI is InChI=1S/C18H23N3O3/c1-13-14(12-21(19-13)15-7-4-3-5-8-15)11-20-10-6-9-16(22)17(20)18(23)24-2/h3-5,7-8,12,16-17,22H,6,9-11H2,1-2H3/t16-,17-/m0/s1. The first-order chi connectivity index (χ1) is 11.6. The van der Waals surface area contributed by atoms with E-state index in [1.165, 1.54) is 7.11 Å². The minimum atomic E-state index is -0.685. The van der Waals surface area contributed by atoms with E-state index in [0.717, 1.165) is 29.9 Å². The van der Waals surface area contributed by atoms with Crippen molar-refractivity contribution in [3.63, 3.8) is 0 Å². The third-order valence-electron chi connectivity index (χ3n) is 4.54. The summed E-state index contributed by atoms with van der Waals surface area (Å²) in [7, 11) is 1.36. The van der Waals surface area contributed by atoms with Crippen LogP contribution in [0.1, 0.15) is 24.1 Å². The molecule has 1 aliphatic rings. The van der Waals surface area contributed by atoms with Crippen molar-refractivity contribution < 1.29 is 14.6 Å². The van der Waals surface area contributed by atoms with Crippen LogP contribution in [0.4, 0.5) is 0 Å². The smallest absolute Gasteiger partial charge is 0.325 e. The first-order valence-electron chi connectivity index (χ1n) is 8.20. The summed E-state index contributed by atoms with van der Waals surface area (Å²) in [6.07, 6.45) is 2.79. The van der Waals surface area contributed by atoms with Crippen LogP contribution >= 0.6 is 0 Å². The van der Waals surface area contributed by atoms with E-state index >= 15 is 0 Å². The molecule has 24 heavy (non-hydrogen) atoms. The first-order valence-corrected chi connectivity index (χ1v) is 8.20. The summed E-state index contributed by atoms with van der Waals surface area (Å²) in [6, 6.07) is 9.30. The number of benzene rings is 1. The van der Waals surface area contributed by atoms with Gasteiger partial charge in [0.1, 0.15) is 6.04 Å². The number of aryl methyl sites for hydroxylation is 1. The molecule has 0 radical (unpaired) electrons. The molecule has 6 heteroatoms.